The fourth-order valence-electron chi connectivity index (χ4n) is 1.61. The Balaban J connectivity index is 2.11. The van der Waals surface area contributed by atoms with Crippen LogP contribution in [0.1, 0.15) is 27.2 Å². The van der Waals surface area contributed by atoms with E-state index in [0.717, 1.165) is 17.1 Å². The molecule has 0 fully saturated rings. The number of nitrogens with two attached hydrogens (primary N) is 1. The zero-order valence-corrected chi connectivity index (χ0v) is 10.4. The molecule has 0 saturated carbocycles. The molecular weight excluding hydrogens is 216 g/mol. The SMILES string of the molecule is Cc1nc(C(N)Cc2ccccc2)sc1C. The maximum Gasteiger partial charge on any atom is 0.110 e. The van der Waals surface area contributed by atoms with Gasteiger partial charge in [0.2, 0.25) is 0 Å². The molecule has 0 radical (unpaired) electrons. The Morgan fingerprint density at radius 2 is 1.94 bits per heavy atom. The number of hydrogen-bond acceptors (Lipinski definition) is 3. The summed E-state index contributed by atoms with van der Waals surface area (Å²) < 4.78 is 0. The lowest BCUT2D eigenvalue weighted by Crippen LogP contribution is -2.12. The summed E-state index contributed by atoms with van der Waals surface area (Å²) >= 11 is 1.71. The van der Waals surface area contributed by atoms with Gasteiger partial charge in [0.15, 0.2) is 0 Å². The molecule has 16 heavy (non-hydrogen) atoms. The lowest BCUT2D eigenvalue weighted by atomic mass is 10.1. The topological polar surface area (TPSA) is 38.9 Å². The smallest absolute Gasteiger partial charge is 0.110 e. The number of nitrogens with zero attached hydrogens (tertiary/aromatic N) is 1. The standard InChI is InChI=1S/C13H16N2S/c1-9-10(2)16-13(15-9)12(14)8-11-6-4-3-5-7-11/h3-7,12H,8,14H2,1-2H3. The van der Waals surface area contributed by atoms with Gasteiger partial charge in [-0.3, -0.25) is 0 Å². The van der Waals surface area contributed by atoms with Crippen LogP contribution in [0, 0.1) is 13.8 Å². The van der Waals surface area contributed by atoms with Crippen molar-refractivity contribution in [2.24, 2.45) is 5.73 Å². The first-order valence-electron chi connectivity index (χ1n) is 5.40. The Hall–Kier alpha value is -1.19. The maximum atomic E-state index is 6.16. The van der Waals surface area contributed by atoms with Gasteiger partial charge in [-0.1, -0.05) is 30.3 Å². The van der Waals surface area contributed by atoms with E-state index in [1.54, 1.807) is 11.3 Å². The molecule has 0 spiro atoms. The van der Waals surface area contributed by atoms with Crippen LogP contribution in [-0.2, 0) is 6.42 Å². The molecule has 0 bridgehead atoms. The van der Waals surface area contributed by atoms with Crippen LogP contribution in [-0.4, -0.2) is 4.98 Å². The quantitative estimate of drug-likeness (QED) is 0.883. The Labute approximate surface area is 100 Å². The van der Waals surface area contributed by atoms with Crippen LogP contribution in [0.4, 0.5) is 0 Å². The van der Waals surface area contributed by atoms with Gasteiger partial charge in [0.25, 0.3) is 0 Å². The Kier molecular flexibility index (Phi) is 3.36. The van der Waals surface area contributed by atoms with Gasteiger partial charge in [0, 0.05) is 4.88 Å². The fourth-order valence-corrected chi connectivity index (χ4v) is 2.54. The van der Waals surface area contributed by atoms with Crippen LogP contribution in [0.3, 0.4) is 0 Å². The molecule has 0 aliphatic carbocycles. The van der Waals surface area contributed by atoms with Crippen molar-refractivity contribution in [1.29, 1.82) is 0 Å². The molecule has 1 aromatic heterocycles. The first-order valence-corrected chi connectivity index (χ1v) is 6.22. The number of hydrogen-bond donors (Lipinski definition) is 1. The van der Waals surface area contributed by atoms with E-state index in [1.165, 1.54) is 10.4 Å². The van der Waals surface area contributed by atoms with Gasteiger partial charge < -0.3 is 5.73 Å². The summed E-state index contributed by atoms with van der Waals surface area (Å²) in [5.41, 5.74) is 8.52. The monoisotopic (exact) mass is 232 g/mol. The molecule has 0 amide bonds. The van der Waals surface area contributed by atoms with Crippen molar-refractivity contribution in [3.63, 3.8) is 0 Å². The van der Waals surface area contributed by atoms with Gasteiger partial charge in [-0.15, -0.1) is 11.3 Å². The fraction of sp³-hybridized carbons (Fsp3) is 0.308. The van der Waals surface area contributed by atoms with E-state index in [1.807, 2.05) is 25.1 Å². The minimum Gasteiger partial charge on any atom is -0.322 e. The van der Waals surface area contributed by atoms with E-state index in [0.29, 0.717) is 0 Å². The van der Waals surface area contributed by atoms with E-state index in [4.69, 9.17) is 5.73 Å². The molecule has 2 rings (SSSR count). The molecule has 3 heteroatoms. The largest absolute Gasteiger partial charge is 0.322 e. The molecule has 0 aliphatic rings. The molecule has 2 aromatic rings. The van der Waals surface area contributed by atoms with E-state index in [2.05, 4.69) is 24.0 Å². The molecule has 1 heterocycles. The summed E-state index contributed by atoms with van der Waals surface area (Å²) in [5, 5.41) is 1.04. The van der Waals surface area contributed by atoms with Gasteiger partial charge in [-0.25, -0.2) is 4.98 Å². The summed E-state index contributed by atoms with van der Waals surface area (Å²) in [6.07, 6.45) is 0.854. The highest BCUT2D eigenvalue weighted by molar-refractivity contribution is 7.11. The lowest BCUT2D eigenvalue weighted by molar-refractivity contribution is 0.713. The highest BCUT2D eigenvalue weighted by atomic mass is 32.1. The van der Waals surface area contributed by atoms with Crippen molar-refractivity contribution in [3.05, 3.63) is 51.5 Å². The van der Waals surface area contributed by atoms with Gasteiger partial charge in [-0.2, -0.15) is 0 Å². The average molecular weight is 232 g/mol. The van der Waals surface area contributed by atoms with Gasteiger partial charge in [0.1, 0.15) is 5.01 Å². The minimum absolute atomic E-state index is 0.0137. The highest BCUT2D eigenvalue weighted by Gasteiger charge is 2.12. The van der Waals surface area contributed by atoms with E-state index in [9.17, 15) is 0 Å². The molecule has 0 saturated heterocycles. The third kappa shape index (κ3) is 2.49. The number of aromatic nitrogens is 1. The lowest BCUT2D eigenvalue weighted by Gasteiger charge is -2.07. The van der Waals surface area contributed by atoms with Crippen LogP contribution in [0.5, 0.6) is 0 Å². The van der Waals surface area contributed by atoms with Gasteiger partial charge >= 0.3 is 0 Å². The molecule has 1 aromatic carbocycles. The minimum atomic E-state index is 0.0137. The Morgan fingerprint density at radius 3 is 2.50 bits per heavy atom. The second-order valence-electron chi connectivity index (χ2n) is 3.99. The first-order chi connectivity index (χ1) is 7.66. The molecule has 84 valence electrons. The zero-order valence-electron chi connectivity index (χ0n) is 9.60. The maximum absolute atomic E-state index is 6.16. The summed E-state index contributed by atoms with van der Waals surface area (Å²) in [6.45, 7) is 4.12. The third-order valence-corrected chi connectivity index (χ3v) is 3.87. The molecule has 0 aliphatic heterocycles. The van der Waals surface area contributed by atoms with Crippen LogP contribution in [0.15, 0.2) is 30.3 Å². The van der Waals surface area contributed by atoms with Crippen molar-refractivity contribution in [1.82, 2.24) is 4.98 Å². The van der Waals surface area contributed by atoms with E-state index >= 15 is 0 Å². The summed E-state index contributed by atoms with van der Waals surface area (Å²) in [6, 6.07) is 10.3. The van der Waals surface area contributed by atoms with Crippen LogP contribution in [0.2, 0.25) is 0 Å². The van der Waals surface area contributed by atoms with Gasteiger partial charge in [0.05, 0.1) is 11.7 Å². The highest BCUT2D eigenvalue weighted by Crippen LogP contribution is 2.23. The summed E-state index contributed by atoms with van der Waals surface area (Å²) in [5.74, 6) is 0. The van der Waals surface area contributed by atoms with Crippen molar-refractivity contribution < 1.29 is 0 Å². The number of benzene rings is 1. The molecule has 1 unspecified atom stereocenters. The third-order valence-electron chi connectivity index (χ3n) is 2.66. The van der Waals surface area contributed by atoms with Crippen LogP contribution < -0.4 is 5.73 Å². The van der Waals surface area contributed by atoms with Crippen molar-refractivity contribution in [3.8, 4) is 0 Å². The normalized spacial score (nSPS) is 12.7. The molecular formula is C13H16N2S. The Bertz CT molecular complexity index is 443. The zero-order chi connectivity index (χ0) is 11.5. The van der Waals surface area contributed by atoms with Crippen molar-refractivity contribution in [2.75, 3.05) is 0 Å². The summed E-state index contributed by atoms with van der Waals surface area (Å²) in [4.78, 5) is 5.76. The number of rotatable bonds is 3. The first kappa shape index (κ1) is 11.3. The number of thiazole rings is 1. The molecule has 1 atom stereocenters. The summed E-state index contributed by atoms with van der Waals surface area (Å²) in [7, 11) is 0. The van der Waals surface area contributed by atoms with Gasteiger partial charge in [-0.05, 0) is 25.8 Å². The van der Waals surface area contributed by atoms with E-state index in [-0.39, 0.29) is 6.04 Å². The predicted molar refractivity (Wildman–Crippen MR) is 68.7 cm³/mol. The number of aryl methyl sites for hydroxylation is 2. The predicted octanol–water partition coefficient (Wildman–Crippen LogP) is 3.00. The van der Waals surface area contributed by atoms with Crippen LogP contribution >= 0.6 is 11.3 Å². The second kappa shape index (κ2) is 4.76. The molecule has 2 nitrogen and oxygen atoms in total. The second-order valence-corrected chi connectivity index (χ2v) is 5.22. The van der Waals surface area contributed by atoms with E-state index < -0.39 is 0 Å². The average Bonchev–Trinajstić information content (AvgIpc) is 2.61. The van der Waals surface area contributed by atoms with Crippen LogP contribution in [0.25, 0.3) is 0 Å². The Morgan fingerprint density at radius 1 is 1.25 bits per heavy atom. The van der Waals surface area contributed by atoms with Crippen molar-refractivity contribution in [2.45, 2.75) is 26.3 Å². The molecule has 2 N–H and O–H groups in total. The van der Waals surface area contributed by atoms with Crippen molar-refractivity contribution >= 4 is 11.3 Å².